The standard InChI is InChI=1S/C24H18F2N4O/c1-15-3-6-18(20-10-9-19(25)12-21(20)26)11-23-29(2)22(13-24(31)30(23)28-15)17-7-4-16(14-27)5-8-17/h3-13,23H,1-2H3/b6-3?,18-11-,28-15?. The number of likely N-dealkylation sites (N-methyl/N-ethyl adjacent to an activating group) is 1. The van der Waals surface area contributed by atoms with Crippen LogP contribution in [-0.2, 0) is 4.79 Å². The third kappa shape index (κ3) is 3.88. The van der Waals surface area contributed by atoms with Crippen molar-refractivity contribution in [1.82, 2.24) is 9.91 Å². The van der Waals surface area contributed by atoms with Gasteiger partial charge < -0.3 is 4.90 Å². The average Bonchev–Trinajstić information content (AvgIpc) is 2.74. The van der Waals surface area contributed by atoms with Crippen LogP contribution in [0.15, 0.2) is 71.9 Å². The van der Waals surface area contributed by atoms with Crippen LogP contribution in [0, 0.1) is 23.0 Å². The summed E-state index contributed by atoms with van der Waals surface area (Å²) >= 11 is 0. The van der Waals surface area contributed by atoms with E-state index in [4.69, 9.17) is 5.26 Å². The lowest BCUT2D eigenvalue weighted by atomic mass is 10.0. The molecule has 7 heteroatoms. The third-order valence-corrected chi connectivity index (χ3v) is 5.16. The predicted octanol–water partition coefficient (Wildman–Crippen LogP) is 4.31. The number of allylic oxidation sites excluding steroid dienone is 3. The highest BCUT2D eigenvalue weighted by Crippen LogP contribution is 2.31. The van der Waals surface area contributed by atoms with Crippen LogP contribution in [0.2, 0.25) is 0 Å². The molecule has 2 aromatic carbocycles. The van der Waals surface area contributed by atoms with Crippen molar-refractivity contribution in [2.45, 2.75) is 13.1 Å². The molecule has 0 aliphatic carbocycles. The van der Waals surface area contributed by atoms with Gasteiger partial charge >= 0.3 is 0 Å². The minimum atomic E-state index is -0.690. The second kappa shape index (κ2) is 8.00. The highest BCUT2D eigenvalue weighted by molar-refractivity contribution is 6.01. The Bertz CT molecular complexity index is 1220. The van der Waals surface area contributed by atoms with Crippen molar-refractivity contribution in [3.63, 3.8) is 0 Å². The highest BCUT2D eigenvalue weighted by Gasteiger charge is 2.33. The maximum absolute atomic E-state index is 14.5. The molecule has 2 aliphatic heterocycles. The van der Waals surface area contributed by atoms with Gasteiger partial charge in [0.05, 0.1) is 23.0 Å². The first kappa shape index (κ1) is 20.2. The summed E-state index contributed by atoms with van der Waals surface area (Å²) in [4.78, 5) is 14.8. The van der Waals surface area contributed by atoms with E-state index in [-0.39, 0.29) is 11.5 Å². The van der Waals surface area contributed by atoms with Gasteiger partial charge in [0.2, 0.25) is 0 Å². The minimum absolute atomic E-state index is 0.225. The molecule has 0 saturated carbocycles. The first-order chi connectivity index (χ1) is 14.9. The van der Waals surface area contributed by atoms with Crippen LogP contribution in [0.5, 0.6) is 0 Å². The smallest absolute Gasteiger partial charge is 0.271 e. The molecule has 154 valence electrons. The SMILES string of the molecule is CC1=NN2C(=O)C=C(c3ccc(C#N)cc3)N(C)C2/C=C(\c2ccc(F)cc2F)C=C1. The lowest BCUT2D eigenvalue weighted by Crippen LogP contribution is -2.48. The molecule has 1 atom stereocenters. The van der Waals surface area contributed by atoms with Gasteiger partial charge in [0, 0.05) is 24.8 Å². The monoisotopic (exact) mass is 416 g/mol. The number of benzene rings is 2. The van der Waals surface area contributed by atoms with Crippen molar-refractivity contribution in [3.05, 3.63) is 95.1 Å². The van der Waals surface area contributed by atoms with Gasteiger partial charge in [-0.15, -0.1) is 0 Å². The zero-order valence-electron chi connectivity index (χ0n) is 16.9. The van der Waals surface area contributed by atoms with E-state index in [9.17, 15) is 13.6 Å². The minimum Gasteiger partial charge on any atom is -0.349 e. The summed E-state index contributed by atoms with van der Waals surface area (Å²) < 4.78 is 27.9. The van der Waals surface area contributed by atoms with E-state index in [0.717, 1.165) is 11.6 Å². The summed E-state index contributed by atoms with van der Waals surface area (Å²) in [5.41, 5.74) is 3.21. The summed E-state index contributed by atoms with van der Waals surface area (Å²) in [7, 11) is 1.81. The number of fused-ring (bicyclic) bond motifs is 1. The normalized spacial score (nSPS) is 20.0. The molecule has 0 saturated heterocycles. The zero-order valence-corrected chi connectivity index (χ0v) is 16.9. The Morgan fingerprint density at radius 1 is 1.10 bits per heavy atom. The molecule has 1 amide bonds. The van der Waals surface area contributed by atoms with Gasteiger partial charge in [0.25, 0.3) is 5.91 Å². The predicted molar refractivity (Wildman–Crippen MR) is 114 cm³/mol. The fourth-order valence-electron chi connectivity index (χ4n) is 3.55. The summed E-state index contributed by atoms with van der Waals surface area (Å²) in [6.45, 7) is 1.74. The Hall–Kier alpha value is -4.05. The topological polar surface area (TPSA) is 59.7 Å². The molecule has 0 aromatic heterocycles. The molecule has 0 fully saturated rings. The molecule has 0 radical (unpaired) electrons. The fourth-order valence-corrected chi connectivity index (χ4v) is 3.55. The molecule has 31 heavy (non-hydrogen) atoms. The number of nitriles is 1. The number of carbonyl (C=O) groups is 1. The Morgan fingerprint density at radius 3 is 2.52 bits per heavy atom. The number of carbonyl (C=O) groups excluding carboxylic acids is 1. The molecule has 4 rings (SSSR count). The number of halogens is 2. The van der Waals surface area contributed by atoms with E-state index < -0.39 is 17.8 Å². The zero-order chi connectivity index (χ0) is 22.1. The number of rotatable bonds is 2. The molecule has 0 N–H and O–H groups in total. The van der Waals surface area contributed by atoms with Gasteiger partial charge in [-0.05, 0) is 54.5 Å². The summed E-state index contributed by atoms with van der Waals surface area (Å²) in [5.74, 6) is -1.68. The lowest BCUT2D eigenvalue weighted by Gasteiger charge is -2.39. The molecule has 0 bridgehead atoms. The van der Waals surface area contributed by atoms with E-state index in [1.54, 1.807) is 56.5 Å². The number of nitrogens with zero attached hydrogens (tertiary/aromatic N) is 4. The molecule has 0 spiro atoms. The summed E-state index contributed by atoms with van der Waals surface area (Å²) in [5, 5.41) is 14.8. The maximum Gasteiger partial charge on any atom is 0.271 e. The third-order valence-electron chi connectivity index (χ3n) is 5.16. The molecule has 2 heterocycles. The number of amides is 1. The van der Waals surface area contributed by atoms with Gasteiger partial charge in [-0.3, -0.25) is 4.79 Å². The van der Waals surface area contributed by atoms with Crippen molar-refractivity contribution >= 4 is 22.9 Å². The van der Waals surface area contributed by atoms with E-state index >= 15 is 0 Å². The first-order valence-electron chi connectivity index (χ1n) is 9.56. The van der Waals surface area contributed by atoms with Crippen LogP contribution < -0.4 is 0 Å². The number of hydrazone groups is 1. The molecular formula is C24H18F2N4O. The number of hydrogen-bond acceptors (Lipinski definition) is 4. The van der Waals surface area contributed by atoms with Gasteiger partial charge in [0.15, 0.2) is 0 Å². The Labute approximate surface area is 178 Å². The summed E-state index contributed by atoms with van der Waals surface area (Å²) in [6.07, 6.45) is 5.94. The van der Waals surface area contributed by atoms with Crippen LogP contribution in [-0.4, -0.2) is 34.7 Å². The molecular weight excluding hydrogens is 398 g/mol. The largest absolute Gasteiger partial charge is 0.349 e. The van der Waals surface area contributed by atoms with Crippen molar-refractivity contribution in [1.29, 1.82) is 5.26 Å². The summed E-state index contributed by atoms with van der Waals surface area (Å²) in [6, 6.07) is 12.4. The Kier molecular flexibility index (Phi) is 5.22. The quantitative estimate of drug-likeness (QED) is 0.733. The van der Waals surface area contributed by atoms with Crippen LogP contribution >= 0.6 is 0 Å². The van der Waals surface area contributed by atoms with Crippen LogP contribution in [0.4, 0.5) is 8.78 Å². The Balaban J connectivity index is 1.82. The van der Waals surface area contributed by atoms with Crippen LogP contribution in [0.1, 0.15) is 23.6 Å². The van der Waals surface area contributed by atoms with Gasteiger partial charge in [-0.1, -0.05) is 18.2 Å². The molecule has 2 aromatic rings. The van der Waals surface area contributed by atoms with E-state index in [1.165, 1.54) is 23.2 Å². The van der Waals surface area contributed by atoms with Crippen molar-refractivity contribution < 1.29 is 13.6 Å². The average molecular weight is 416 g/mol. The molecule has 5 nitrogen and oxygen atoms in total. The van der Waals surface area contributed by atoms with Gasteiger partial charge in [-0.25, -0.2) is 13.8 Å². The van der Waals surface area contributed by atoms with Crippen LogP contribution in [0.3, 0.4) is 0 Å². The first-order valence-corrected chi connectivity index (χ1v) is 9.56. The van der Waals surface area contributed by atoms with E-state index in [1.807, 2.05) is 4.90 Å². The lowest BCUT2D eigenvalue weighted by molar-refractivity contribution is -0.130. The van der Waals surface area contributed by atoms with E-state index in [2.05, 4.69) is 11.2 Å². The van der Waals surface area contributed by atoms with Crippen molar-refractivity contribution in [2.75, 3.05) is 7.05 Å². The molecule has 2 aliphatic rings. The highest BCUT2D eigenvalue weighted by atomic mass is 19.1. The second-order valence-electron chi connectivity index (χ2n) is 7.25. The molecule has 1 unspecified atom stereocenters. The Morgan fingerprint density at radius 2 is 1.84 bits per heavy atom. The van der Waals surface area contributed by atoms with Gasteiger partial charge in [0.1, 0.15) is 17.8 Å². The van der Waals surface area contributed by atoms with Crippen LogP contribution in [0.25, 0.3) is 11.3 Å². The second-order valence-corrected chi connectivity index (χ2v) is 7.25. The van der Waals surface area contributed by atoms with Crippen molar-refractivity contribution in [2.24, 2.45) is 5.10 Å². The van der Waals surface area contributed by atoms with Crippen molar-refractivity contribution in [3.8, 4) is 6.07 Å². The van der Waals surface area contributed by atoms with E-state index in [0.29, 0.717) is 22.5 Å². The number of hydrogen-bond donors (Lipinski definition) is 0. The fraction of sp³-hybridized carbons (Fsp3) is 0.125. The van der Waals surface area contributed by atoms with Gasteiger partial charge in [-0.2, -0.15) is 10.4 Å². The maximum atomic E-state index is 14.5.